The monoisotopic (exact) mass is 337 g/mol. The van der Waals surface area contributed by atoms with Crippen LogP contribution in [0.15, 0.2) is 60.8 Å². The summed E-state index contributed by atoms with van der Waals surface area (Å²) in [7, 11) is 0. The van der Waals surface area contributed by atoms with Gasteiger partial charge in [-0.25, -0.2) is 0 Å². The molecule has 0 unspecified atom stereocenters. The lowest BCUT2D eigenvalue weighted by Gasteiger charge is -2.10. The zero-order valence-electron chi connectivity index (χ0n) is 13.6. The minimum absolute atomic E-state index is 0.260. The van der Waals surface area contributed by atoms with Gasteiger partial charge in [-0.1, -0.05) is 36.4 Å². The number of rotatable bonds is 6. The highest BCUT2D eigenvalue weighted by Gasteiger charge is 2.08. The van der Waals surface area contributed by atoms with Crippen LogP contribution in [-0.2, 0) is 4.79 Å². The van der Waals surface area contributed by atoms with E-state index in [-0.39, 0.29) is 18.2 Å². The molecule has 128 valence electrons. The number of hydrazine groups is 1. The first-order chi connectivity index (χ1) is 12.2. The number of aromatic amines is 1. The van der Waals surface area contributed by atoms with Crippen LogP contribution in [0.5, 0.6) is 5.75 Å². The number of ether oxygens (including phenoxy) is 1. The van der Waals surface area contributed by atoms with E-state index in [0.29, 0.717) is 18.7 Å². The fraction of sp³-hybridized carbons (Fsp3) is 0.158. The maximum absolute atomic E-state index is 11.7. The summed E-state index contributed by atoms with van der Waals surface area (Å²) in [6, 6.07) is 17.2. The third-order valence-electron chi connectivity index (χ3n) is 3.71. The summed E-state index contributed by atoms with van der Waals surface area (Å²) in [4.78, 5) is 26.2. The Balaban J connectivity index is 1.40. The van der Waals surface area contributed by atoms with E-state index in [1.54, 1.807) is 18.3 Å². The average molecular weight is 337 g/mol. The summed E-state index contributed by atoms with van der Waals surface area (Å²) in [6.07, 6.45) is 2.45. The molecule has 6 nitrogen and oxygen atoms in total. The van der Waals surface area contributed by atoms with Gasteiger partial charge in [-0.2, -0.15) is 0 Å². The second kappa shape index (κ2) is 8.01. The molecule has 0 saturated carbocycles. The van der Waals surface area contributed by atoms with E-state index >= 15 is 0 Å². The molecule has 1 aromatic heterocycles. The molecule has 25 heavy (non-hydrogen) atoms. The Bertz CT molecular complexity index is 854. The number of amides is 2. The van der Waals surface area contributed by atoms with E-state index in [4.69, 9.17) is 4.74 Å². The third kappa shape index (κ3) is 4.38. The fourth-order valence-corrected chi connectivity index (χ4v) is 2.46. The van der Waals surface area contributed by atoms with Crippen LogP contribution in [0.4, 0.5) is 0 Å². The Morgan fingerprint density at radius 2 is 1.80 bits per heavy atom. The van der Waals surface area contributed by atoms with Crippen molar-refractivity contribution in [2.75, 3.05) is 6.61 Å². The molecule has 0 radical (unpaired) electrons. The Morgan fingerprint density at radius 3 is 2.64 bits per heavy atom. The SMILES string of the molecule is O=C(CCCOc1cccc2ccccc12)NNC(=O)c1ccc[nH]1. The van der Waals surface area contributed by atoms with Crippen LogP contribution < -0.4 is 15.6 Å². The quantitative estimate of drug-likeness (QED) is 0.478. The van der Waals surface area contributed by atoms with Gasteiger partial charge < -0.3 is 9.72 Å². The van der Waals surface area contributed by atoms with Crippen LogP contribution in [0.3, 0.4) is 0 Å². The van der Waals surface area contributed by atoms with Gasteiger partial charge in [-0.3, -0.25) is 20.4 Å². The lowest BCUT2D eigenvalue weighted by molar-refractivity contribution is -0.122. The van der Waals surface area contributed by atoms with E-state index in [2.05, 4.69) is 15.8 Å². The Hall–Kier alpha value is -3.28. The molecule has 0 aliphatic rings. The smallest absolute Gasteiger partial charge is 0.286 e. The predicted octanol–water partition coefficient (Wildman–Crippen LogP) is 2.79. The summed E-state index contributed by atoms with van der Waals surface area (Å²) in [5.41, 5.74) is 5.13. The molecule has 0 atom stereocenters. The van der Waals surface area contributed by atoms with Crippen LogP contribution in [-0.4, -0.2) is 23.4 Å². The van der Waals surface area contributed by atoms with Crippen molar-refractivity contribution in [1.29, 1.82) is 0 Å². The summed E-state index contributed by atoms with van der Waals surface area (Å²) in [6.45, 7) is 0.423. The zero-order chi connectivity index (χ0) is 17.5. The summed E-state index contributed by atoms with van der Waals surface area (Å²) < 4.78 is 5.78. The van der Waals surface area contributed by atoms with Crippen LogP contribution in [0.2, 0.25) is 0 Å². The topological polar surface area (TPSA) is 83.2 Å². The molecule has 3 aromatic rings. The molecule has 1 heterocycles. The van der Waals surface area contributed by atoms with Crippen molar-refractivity contribution < 1.29 is 14.3 Å². The standard InChI is InChI=1S/C19H19N3O3/c23-18(21-22-19(24)16-9-4-12-20-16)11-5-13-25-17-10-3-7-14-6-1-2-8-15(14)17/h1-4,6-10,12,20H,5,11,13H2,(H,21,23)(H,22,24). The van der Waals surface area contributed by atoms with Crippen molar-refractivity contribution in [3.8, 4) is 5.75 Å². The number of aromatic nitrogens is 1. The average Bonchev–Trinajstić information content (AvgIpc) is 3.18. The van der Waals surface area contributed by atoms with E-state index in [0.717, 1.165) is 16.5 Å². The summed E-state index contributed by atoms with van der Waals surface area (Å²) in [5.74, 6) is 0.158. The highest BCUT2D eigenvalue weighted by molar-refractivity contribution is 5.93. The first-order valence-electron chi connectivity index (χ1n) is 8.07. The molecule has 2 aromatic carbocycles. The van der Waals surface area contributed by atoms with Gasteiger partial charge in [-0.05, 0) is 30.0 Å². The number of H-pyrrole nitrogens is 1. The van der Waals surface area contributed by atoms with Gasteiger partial charge in [0.2, 0.25) is 5.91 Å². The van der Waals surface area contributed by atoms with Crippen molar-refractivity contribution in [2.45, 2.75) is 12.8 Å². The van der Waals surface area contributed by atoms with Crippen molar-refractivity contribution in [3.63, 3.8) is 0 Å². The predicted molar refractivity (Wildman–Crippen MR) is 95.1 cm³/mol. The van der Waals surface area contributed by atoms with Crippen molar-refractivity contribution in [1.82, 2.24) is 15.8 Å². The molecule has 0 spiro atoms. The lowest BCUT2D eigenvalue weighted by Crippen LogP contribution is -2.41. The number of benzene rings is 2. The second-order valence-electron chi connectivity index (χ2n) is 5.52. The minimum Gasteiger partial charge on any atom is -0.493 e. The van der Waals surface area contributed by atoms with Crippen LogP contribution >= 0.6 is 0 Å². The summed E-state index contributed by atoms with van der Waals surface area (Å²) in [5, 5.41) is 2.16. The summed E-state index contributed by atoms with van der Waals surface area (Å²) >= 11 is 0. The van der Waals surface area contributed by atoms with Crippen molar-refractivity contribution in [2.24, 2.45) is 0 Å². The molecule has 3 N–H and O–H groups in total. The second-order valence-corrected chi connectivity index (χ2v) is 5.52. The minimum atomic E-state index is -0.384. The first kappa shape index (κ1) is 16.6. The van der Waals surface area contributed by atoms with Crippen LogP contribution in [0.25, 0.3) is 10.8 Å². The van der Waals surface area contributed by atoms with E-state index < -0.39 is 0 Å². The van der Waals surface area contributed by atoms with Gasteiger partial charge in [0.1, 0.15) is 11.4 Å². The maximum atomic E-state index is 11.7. The lowest BCUT2D eigenvalue weighted by atomic mass is 10.1. The van der Waals surface area contributed by atoms with Gasteiger partial charge in [-0.15, -0.1) is 0 Å². The Kier molecular flexibility index (Phi) is 5.31. The van der Waals surface area contributed by atoms with E-state index in [1.165, 1.54) is 0 Å². The van der Waals surface area contributed by atoms with Gasteiger partial charge in [0.15, 0.2) is 0 Å². The molecule has 0 saturated heterocycles. The molecule has 3 rings (SSSR count). The molecule has 0 aliphatic carbocycles. The molecular weight excluding hydrogens is 318 g/mol. The first-order valence-corrected chi connectivity index (χ1v) is 8.07. The van der Waals surface area contributed by atoms with E-state index in [9.17, 15) is 9.59 Å². The van der Waals surface area contributed by atoms with Crippen molar-refractivity contribution in [3.05, 3.63) is 66.5 Å². The molecule has 2 amide bonds. The largest absolute Gasteiger partial charge is 0.493 e. The number of carbonyl (C=O) groups is 2. The number of nitrogens with one attached hydrogen (secondary N) is 3. The fourth-order valence-electron chi connectivity index (χ4n) is 2.46. The third-order valence-corrected chi connectivity index (χ3v) is 3.71. The molecular formula is C19H19N3O3. The highest BCUT2D eigenvalue weighted by Crippen LogP contribution is 2.25. The number of fused-ring (bicyclic) bond motifs is 1. The molecule has 0 bridgehead atoms. The Labute approximate surface area is 145 Å². The van der Waals surface area contributed by atoms with Crippen LogP contribution in [0.1, 0.15) is 23.3 Å². The maximum Gasteiger partial charge on any atom is 0.286 e. The Morgan fingerprint density at radius 1 is 0.960 bits per heavy atom. The van der Waals surface area contributed by atoms with Crippen LogP contribution in [0, 0.1) is 0 Å². The van der Waals surface area contributed by atoms with Gasteiger partial charge in [0.05, 0.1) is 6.61 Å². The number of hydrogen-bond donors (Lipinski definition) is 3. The molecule has 0 fully saturated rings. The number of carbonyl (C=O) groups excluding carboxylic acids is 2. The molecule has 0 aliphatic heterocycles. The molecule has 6 heteroatoms. The van der Waals surface area contributed by atoms with Gasteiger partial charge >= 0.3 is 0 Å². The van der Waals surface area contributed by atoms with Gasteiger partial charge in [0, 0.05) is 18.0 Å². The normalized spacial score (nSPS) is 10.4. The van der Waals surface area contributed by atoms with E-state index in [1.807, 2.05) is 42.5 Å². The highest BCUT2D eigenvalue weighted by atomic mass is 16.5. The zero-order valence-corrected chi connectivity index (χ0v) is 13.6. The van der Waals surface area contributed by atoms with Gasteiger partial charge in [0.25, 0.3) is 5.91 Å². The number of hydrogen-bond acceptors (Lipinski definition) is 3. The van der Waals surface area contributed by atoms with Crippen molar-refractivity contribution >= 4 is 22.6 Å².